The summed E-state index contributed by atoms with van der Waals surface area (Å²) >= 11 is 5.81. The van der Waals surface area contributed by atoms with Crippen molar-refractivity contribution in [3.63, 3.8) is 0 Å². The van der Waals surface area contributed by atoms with Crippen LogP contribution in [-0.4, -0.2) is 64.8 Å². The summed E-state index contributed by atoms with van der Waals surface area (Å²) in [4.78, 5) is 40.8. The summed E-state index contributed by atoms with van der Waals surface area (Å²) in [6, 6.07) is 0.624. The fourth-order valence-electron chi connectivity index (χ4n) is 2.74. The first-order valence-electron chi connectivity index (χ1n) is 6.68. The van der Waals surface area contributed by atoms with Gasteiger partial charge in [-0.2, -0.15) is 0 Å². The van der Waals surface area contributed by atoms with Gasteiger partial charge in [-0.05, 0) is 24.6 Å². The van der Waals surface area contributed by atoms with Crippen LogP contribution < -0.4 is 0 Å². The molecule has 0 spiro atoms. The molecule has 1 atom stereocenters. The molecule has 112 valence electrons. The predicted octanol–water partition coefficient (Wildman–Crippen LogP) is 1.04. The van der Waals surface area contributed by atoms with Gasteiger partial charge in [0.25, 0.3) is 11.8 Å². The minimum absolute atomic E-state index is 0.0337. The summed E-state index contributed by atoms with van der Waals surface area (Å²) in [5.74, 6) is -0.540. The minimum atomic E-state index is -0.596. The van der Waals surface area contributed by atoms with E-state index in [-0.39, 0.29) is 35.2 Å². The molecule has 2 aliphatic rings. The number of nitrogens with zero attached hydrogens (tertiary/aromatic N) is 3. The Morgan fingerprint density at radius 3 is 2.81 bits per heavy atom. The Morgan fingerprint density at radius 1 is 1.43 bits per heavy atom. The van der Waals surface area contributed by atoms with Crippen molar-refractivity contribution in [3.8, 4) is 0 Å². The molecule has 0 radical (unpaired) electrons. The van der Waals surface area contributed by atoms with Gasteiger partial charge in [0, 0.05) is 19.6 Å². The van der Waals surface area contributed by atoms with Gasteiger partial charge in [-0.25, -0.2) is 4.79 Å². The number of hydrogen-bond acceptors (Lipinski definition) is 4. The summed E-state index contributed by atoms with van der Waals surface area (Å²) in [6.07, 6.45) is 1.34. The molecule has 3 heterocycles. The van der Waals surface area contributed by atoms with Crippen LogP contribution in [0.15, 0.2) is 16.7 Å². The molecule has 2 aliphatic heterocycles. The predicted molar refractivity (Wildman–Crippen MR) is 72.9 cm³/mol. The van der Waals surface area contributed by atoms with Crippen molar-refractivity contribution < 1.29 is 18.8 Å². The zero-order chi connectivity index (χ0) is 15.1. The van der Waals surface area contributed by atoms with Crippen LogP contribution in [0, 0.1) is 0 Å². The summed E-state index contributed by atoms with van der Waals surface area (Å²) in [5, 5.41) is 0.0337. The quantitative estimate of drug-likeness (QED) is 0.765. The summed E-state index contributed by atoms with van der Waals surface area (Å²) in [7, 11) is 0. The molecule has 0 aliphatic carbocycles. The first-order valence-corrected chi connectivity index (χ1v) is 7.06. The Labute approximate surface area is 126 Å². The van der Waals surface area contributed by atoms with Crippen LogP contribution in [0.2, 0.25) is 5.22 Å². The zero-order valence-corrected chi connectivity index (χ0v) is 12.2. The third-order valence-electron chi connectivity index (χ3n) is 3.86. The monoisotopic (exact) mass is 311 g/mol. The number of imide groups is 1. The number of carbonyl (C=O) groups is 3. The Bertz CT molecular complexity index is 614. The number of halogens is 1. The number of fused-ring (bicyclic) bond motifs is 1. The molecule has 0 saturated carbocycles. The first kappa shape index (κ1) is 13.9. The highest BCUT2D eigenvalue weighted by Crippen LogP contribution is 2.24. The van der Waals surface area contributed by atoms with E-state index in [1.165, 1.54) is 27.0 Å². The third kappa shape index (κ3) is 2.08. The van der Waals surface area contributed by atoms with Crippen LogP contribution in [0.1, 0.15) is 17.3 Å². The molecule has 1 aromatic rings. The number of piperazine rings is 1. The summed E-state index contributed by atoms with van der Waals surface area (Å²) in [6.45, 7) is 2.98. The van der Waals surface area contributed by atoms with Gasteiger partial charge in [-0.1, -0.05) is 0 Å². The normalized spacial score (nSPS) is 22.0. The Hall–Kier alpha value is -2.02. The van der Waals surface area contributed by atoms with Crippen LogP contribution in [0.4, 0.5) is 4.79 Å². The van der Waals surface area contributed by atoms with Gasteiger partial charge in [-0.15, -0.1) is 0 Å². The molecule has 2 fully saturated rings. The zero-order valence-electron chi connectivity index (χ0n) is 11.4. The van der Waals surface area contributed by atoms with Crippen molar-refractivity contribution in [2.24, 2.45) is 0 Å². The fraction of sp³-hybridized carbons (Fsp3) is 0.462. The van der Waals surface area contributed by atoms with Gasteiger partial charge in [0.2, 0.25) is 5.22 Å². The number of furan rings is 1. The van der Waals surface area contributed by atoms with Gasteiger partial charge in [-0.3, -0.25) is 14.5 Å². The lowest BCUT2D eigenvalue weighted by Gasteiger charge is -2.35. The van der Waals surface area contributed by atoms with E-state index < -0.39 is 6.04 Å². The maximum Gasteiger partial charge on any atom is 0.327 e. The molecule has 4 amide bonds. The topological polar surface area (TPSA) is 74.1 Å². The molecule has 21 heavy (non-hydrogen) atoms. The van der Waals surface area contributed by atoms with E-state index in [2.05, 4.69) is 0 Å². The van der Waals surface area contributed by atoms with E-state index in [4.69, 9.17) is 16.0 Å². The van der Waals surface area contributed by atoms with Crippen molar-refractivity contribution in [3.05, 3.63) is 23.1 Å². The number of likely N-dealkylation sites (N-methyl/N-ethyl adjacent to an activating group) is 1. The molecule has 8 heteroatoms. The van der Waals surface area contributed by atoms with E-state index >= 15 is 0 Å². The van der Waals surface area contributed by atoms with E-state index in [0.717, 1.165) is 0 Å². The minimum Gasteiger partial charge on any atom is -0.452 e. The van der Waals surface area contributed by atoms with Crippen molar-refractivity contribution in [2.75, 3.05) is 26.2 Å². The average molecular weight is 312 g/mol. The molecule has 0 bridgehead atoms. The lowest BCUT2D eigenvalue weighted by Crippen LogP contribution is -2.54. The molecule has 0 aromatic carbocycles. The molecule has 3 rings (SSSR count). The number of amides is 4. The third-order valence-corrected chi connectivity index (χ3v) is 4.15. The largest absolute Gasteiger partial charge is 0.452 e. The fourth-order valence-corrected chi connectivity index (χ4v) is 2.94. The number of carbonyl (C=O) groups excluding carboxylic acids is 3. The van der Waals surface area contributed by atoms with Crippen molar-refractivity contribution in [1.82, 2.24) is 14.7 Å². The smallest absolute Gasteiger partial charge is 0.327 e. The second kappa shape index (κ2) is 5.07. The van der Waals surface area contributed by atoms with Gasteiger partial charge in [0.05, 0.1) is 18.4 Å². The first-order chi connectivity index (χ1) is 10.0. The highest BCUT2D eigenvalue weighted by molar-refractivity contribution is 6.32. The highest BCUT2D eigenvalue weighted by atomic mass is 35.5. The van der Waals surface area contributed by atoms with Crippen molar-refractivity contribution in [2.45, 2.75) is 13.0 Å². The van der Waals surface area contributed by atoms with Crippen LogP contribution in [0.3, 0.4) is 0 Å². The number of urea groups is 1. The van der Waals surface area contributed by atoms with Gasteiger partial charge in [0.1, 0.15) is 6.04 Å². The van der Waals surface area contributed by atoms with Crippen LogP contribution in [-0.2, 0) is 4.79 Å². The van der Waals surface area contributed by atoms with Crippen LogP contribution in [0.5, 0.6) is 0 Å². The lowest BCUT2D eigenvalue weighted by molar-refractivity contribution is -0.129. The van der Waals surface area contributed by atoms with Crippen LogP contribution >= 0.6 is 11.6 Å². The molecule has 1 unspecified atom stereocenters. The summed E-state index contributed by atoms with van der Waals surface area (Å²) < 4.78 is 4.91. The maximum absolute atomic E-state index is 12.4. The summed E-state index contributed by atoms with van der Waals surface area (Å²) in [5.41, 5.74) is 0.272. The Morgan fingerprint density at radius 2 is 2.19 bits per heavy atom. The molecule has 2 saturated heterocycles. The van der Waals surface area contributed by atoms with E-state index in [0.29, 0.717) is 19.6 Å². The van der Waals surface area contributed by atoms with Gasteiger partial charge in [0.15, 0.2) is 0 Å². The van der Waals surface area contributed by atoms with Gasteiger partial charge < -0.3 is 14.2 Å². The average Bonchev–Trinajstić information content (AvgIpc) is 3.01. The van der Waals surface area contributed by atoms with Crippen LogP contribution in [0.25, 0.3) is 0 Å². The van der Waals surface area contributed by atoms with E-state index in [9.17, 15) is 14.4 Å². The highest BCUT2D eigenvalue weighted by Gasteiger charge is 2.47. The van der Waals surface area contributed by atoms with E-state index in [1.807, 2.05) is 0 Å². The van der Waals surface area contributed by atoms with Crippen molar-refractivity contribution in [1.29, 1.82) is 0 Å². The molecular formula is C13H14ClN3O4. The second-order valence-corrected chi connectivity index (χ2v) is 5.28. The van der Waals surface area contributed by atoms with Gasteiger partial charge >= 0.3 is 6.03 Å². The second-order valence-electron chi connectivity index (χ2n) is 4.93. The molecule has 0 N–H and O–H groups in total. The molecule has 7 nitrogen and oxygen atoms in total. The van der Waals surface area contributed by atoms with Crippen molar-refractivity contribution >= 4 is 29.4 Å². The standard InChI is InChI=1S/C13H14ClN3O4/c1-2-16-12(19)9-7-15(4-5-17(9)13(16)20)11(18)8-3-6-21-10(8)14/h3,6,9H,2,4-5,7H2,1H3. The lowest BCUT2D eigenvalue weighted by atomic mass is 10.1. The molecule has 1 aromatic heterocycles. The Balaban J connectivity index is 1.79. The molecular weight excluding hydrogens is 298 g/mol. The SMILES string of the molecule is CCN1C(=O)C2CN(C(=O)c3ccoc3Cl)CCN2C1=O. The Kier molecular flexibility index (Phi) is 3.36. The maximum atomic E-state index is 12.4. The number of rotatable bonds is 2. The van der Waals surface area contributed by atoms with E-state index in [1.54, 1.807) is 6.92 Å². The number of hydrogen-bond donors (Lipinski definition) is 0.